The molecule has 3 rings (SSSR count). The van der Waals surface area contributed by atoms with E-state index >= 15 is 0 Å². The fourth-order valence-corrected chi connectivity index (χ4v) is 3.36. The van der Waals surface area contributed by atoms with Crippen LogP contribution in [0.5, 0.6) is 0 Å². The Kier molecular flexibility index (Phi) is 5.37. The summed E-state index contributed by atoms with van der Waals surface area (Å²) in [6.07, 6.45) is -2.79. The summed E-state index contributed by atoms with van der Waals surface area (Å²) in [5.41, 5.74) is 0.0858. The van der Waals surface area contributed by atoms with E-state index in [4.69, 9.17) is 11.6 Å². The van der Waals surface area contributed by atoms with E-state index in [1.165, 1.54) is 10.7 Å². The van der Waals surface area contributed by atoms with Gasteiger partial charge in [-0.25, -0.2) is 4.68 Å². The molecule has 9 heteroatoms. The van der Waals surface area contributed by atoms with Gasteiger partial charge in [-0.15, -0.1) is 0 Å². The second-order valence-corrected chi connectivity index (χ2v) is 7.09. The van der Waals surface area contributed by atoms with Crippen molar-refractivity contribution in [3.8, 4) is 0 Å². The molecule has 0 atom stereocenters. The third-order valence-electron chi connectivity index (χ3n) is 4.57. The number of hydrogen-bond acceptors (Lipinski definition) is 4. The van der Waals surface area contributed by atoms with E-state index < -0.39 is 11.7 Å². The molecule has 0 unspecified atom stereocenters. The molecule has 1 aliphatic heterocycles. The van der Waals surface area contributed by atoms with E-state index in [0.29, 0.717) is 37.6 Å². The standard InChI is InChI=1S/C18H20ClF3N4O/c1-12(2)26-17(27)16(19)15(11-23-26)25-8-6-24(7-9-25)14-5-3-4-13(10-14)18(20,21)22/h3-5,10-12H,6-9H2,1-2H3. The Balaban J connectivity index is 1.75. The summed E-state index contributed by atoms with van der Waals surface area (Å²) >= 11 is 6.25. The van der Waals surface area contributed by atoms with Gasteiger partial charge in [-0.3, -0.25) is 4.79 Å². The van der Waals surface area contributed by atoms with Crippen LogP contribution in [0.25, 0.3) is 0 Å². The van der Waals surface area contributed by atoms with Crippen LogP contribution in [-0.4, -0.2) is 36.0 Å². The largest absolute Gasteiger partial charge is 0.416 e. The fourth-order valence-electron chi connectivity index (χ4n) is 3.11. The van der Waals surface area contributed by atoms with E-state index in [2.05, 4.69) is 5.10 Å². The molecule has 2 aromatic rings. The minimum absolute atomic E-state index is 0.0955. The van der Waals surface area contributed by atoms with Crippen LogP contribution in [0.15, 0.2) is 35.3 Å². The highest BCUT2D eigenvalue weighted by molar-refractivity contribution is 6.33. The molecule has 0 N–H and O–H groups in total. The molecule has 0 amide bonds. The summed E-state index contributed by atoms with van der Waals surface area (Å²) in [6, 6.07) is 5.21. The molecule has 1 aliphatic rings. The van der Waals surface area contributed by atoms with Crippen molar-refractivity contribution in [3.63, 3.8) is 0 Å². The summed E-state index contributed by atoms with van der Waals surface area (Å²) in [7, 11) is 0. The summed E-state index contributed by atoms with van der Waals surface area (Å²) in [6.45, 7) is 5.79. The lowest BCUT2D eigenvalue weighted by Gasteiger charge is -2.37. The SMILES string of the molecule is CC(C)n1ncc(N2CCN(c3cccc(C(F)(F)F)c3)CC2)c(Cl)c1=O. The molecule has 2 heterocycles. The van der Waals surface area contributed by atoms with E-state index in [9.17, 15) is 18.0 Å². The Labute approximate surface area is 160 Å². The molecule has 1 aromatic heterocycles. The number of piperazine rings is 1. The highest BCUT2D eigenvalue weighted by Gasteiger charge is 2.31. The van der Waals surface area contributed by atoms with Crippen LogP contribution in [0.3, 0.4) is 0 Å². The maximum Gasteiger partial charge on any atom is 0.416 e. The lowest BCUT2D eigenvalue weighted by Crippen LogP contribution is -2.47. The van der Waals surface area contributed by atoms with E-state index in [0.717, 1.165) is 12.1 Å². The molecule has 0 bridgehead atoms. The molecule has 0 aliphatic carbocycles. The zero-order valence-electron chi connectivity index (χ0n) is 15.0. The van der Waals surface area contributed by atoms with E-state index in [1.807, 2.05) is 23.6 Å². The van der Waals surface area contributed by atoms with Crippen LogP contribution >= 0.6 is 11.6 Å². The first-order valence-corrected chi connectivity index (χ1v) is 9.00. The van der Waals surface area contributed by atoms with Crippen LogP contribution in [0, 0.1) is 0 Å². The number of anilines is 2. The summed E-state index contributed by atoms with van der Waals surface area (Å²) in [5.74, 6) is 0. The van der Waals surface area contributed by atoms with Crippen molar-refractivity contribution in [2.75, 3.05) is 36.0 Å². The lowest BCUT2D eigenvalue weighted by atomic mass is 10.1. The molecule has 0 saturated carbocycles. The maximum atomic E-state index is 12.9. The number of alkyl halides is 3. The lowest BCUT2D eigenvalue weighted by molar-refractivity contribution is -0.137. The smallest absolute Gasteiger partial charge is 0.368 e. The average molecular weight is 401 g/mol. The molecule has 1 aromatic carbocycles. The van der Waals surface area contributed by atoms with Gasteiger partial charge < -0.3 is 9.80 Å². The van der Waals surface area contributed by atoms with Gasteiger partial charge in [0.25, 0.3) is 5.56 Å². The van der Waals surface area contributed by atoms with Gasteiger partial charge in [0.2, 0.25) is 0 Å². The minimum atomic E-state index is -4.36. The number of nitrogens with zero attached hydrogens (tertiary/aromatic N) is 4. The van der Waals surface area contributed by atoms with Gasteiger partial charge in [-0.1, -0.05) is 17.7 Å². The van der Waals surface area contributed by atoms with Crippen molar-refractivity contribution in [3.05, 3.63) is 51.4 Å². The van der Waals surface area contributed by atoms with Crippen LogP contribution in [0.4, 0.5) is 24.5 Å². The Hall–Kier alpha value is -2.22. The maximum absolute atomic E-state index is 12.9. The Morgan fingerprint density at radius 1 is 1.11 bits per heavy atom. The predicted molar refractivity (Wildman–Crippen MR) is 99.8 cm³/mol. The summed E-state index contributed by atoms with van der Waals surface area (Å²) in [4.78, 5) is 16.1. The van der Waals surface area contributed by atoms with Crippen LogP contribution in [0.1, 0.15) is 25.5 Å². The van der Waals surface area contributed by atoms with Gasteiger partial charge in [0.1, 0.15) is 5.02 Å². The quantitative estimate of drug-likeness (QED) is 0.785. The van der Waals surface area contributed by atoms with Crippen LogP contribution in [-0.2, 0) is 6.18 Å². The normalized spacial score (nSPS) is 15.5. The minimum Gasteiger partial charge on any atom is -0.368 e. The third-order valence-corrected chi connectivity index (χ3v) is 4.93. The number of rotatable bonds is 3. The monoisotopic (exact) mass is 400 g/mol. The van der Waals surface area contributed by atoms with Gasteiger partial charge in [-0.05, 0) is 32.0 Å². The van der Waals surface area contributed by atoms with Gasteiger partial charge in [0, 0.05) is 31.9 Å². The first kappa shape index (κ1) is 19.5. The predicted octanol–water partition coefficient (Wildman–Crippen LogP) is 3.82. The topological polar surface area (TPSA) is 41.4 Å². The zero-order chi connectivity index (χ0) is 19.8. The number of hydrogen-bond donors (Lipinski definition) is 0. The molecular weight excluding hydrogens is 381 g/mol. The van der Waals surface area contributed by atoms with Crippen molar-refractivity contribution in [2.45, 2.75) is 26.1 Å². The summed E-state index contributed by atoms with van der Waals surface area (Å²) in [5, 5.41) is 4.29. The van der Waals surface area contributed by atoms with E-state index in [-0.39, 0.29) is 16.6 Å². The van der Waals surface area contributed by atoms with Gasteiger partial charge >= 0.3 is 6.18 Å². The fraction of sp³-hybridized carbons (Fsp3) is 0.444. The highest BCUT2D eigenvalue weighted by atomic mass is 35.5. The average Bonchev–Trinajstić information content (AvgIpc) is 2.63. The first-order chi connectivity index (χ1) is 12.7. The van der Waals surface area contributed by atoms with Crippen LogP contribution < -0.4 is 15.4 Å². The Morgan fingerprint density at radius 2 is 1.74 bits per heavy atom. The molecule has 5 nitrogen and oxygen atoms in total. The number of halogens is 4. The highest BCUT2D eigenvalue weighted by Crippen LogP contribution is 2.32. The molecule has 1 saturated heterocycles. The van der Waals surface area contributed by atoms with Crippen molar-refractivity contribution >= 4 is 23.0 Å². The van der Waals surface area contributed by atoms with Crippen molar-refractivity contribution in [1.82, 2.24) is 9.78 Å². The number of benzene rings is 1. The van der Waals surface area contributed by atoms with Crippen LogP contribution in [0.2, 0.25) is 5.02 Å². The zero-order valence-corrected chi connectivity index (χ0v) is 15.8. The molecule has 0 radical (unpaired) electrons. The van der Waals surface area contributed by atoms with Gasteiger partial charge in [0.15, 0.2) is 0 Å². The van der Waals surface area contributed by atoms with Crippen molar-refractivity contribution in [2.24, 2.45) is 0 Å². The second-order valence-electron chi connectivity index (χ2n) is 6.71. The Morgan fingerprint density at radius 3 is 2.33 bits per heavy atom. The first-order valence-electron chi connectivity index (χ1n) is 8.63. The van der Waals surface area contributed by atoms with Crippen molar-refractivity contribution in [1.29, 1.82) is 0 Å². The molecule has 1 fully saturated rings. The summed E-state index contributed by atoms with van der Waals surface area (Å²) < 4.78 is 40.1. The van der Waals surface area contributed by atoms with Gasteiger partial charge in [0.05, 0.1) is 23.5 Å². The van der Waals surface area contributed by atoms with Crippen molar-refractivity contribution < 1.29 is 13.2 Å². The molecular formula is C18H20ClF3N4O. The van der Waals surface area contributed by atoms with E-state index in [1.54, 1.807) is 12.3 Å². The Bertz CT molecular complexity index is 874. The second kappa shape index (κ2) is 7.42. The number of aromatic nitrogens is 2. The molecule has 0 spiro atoms. The molecule has 27 heavy (non-hydrogen) atoms. The third kappa shape index (κ3) is 4.05. The molecule has 146 valence electrons. The van der Waals surface area contributed by atoms with Gasteiger partial charge in [-0.2, -0.15) is 18.3 Å².